The van der Waals surface area contributed by atoms with Gasteiger partial charge in [-0.3, -0.25) is 0 Å². The van der Waals surface area contributed by atoms with Gasteiger partial charge in [0.2, 0.25) is 0 Å². The second-order valence-corrected chi connectivity index (χ2v) is 6.12. The zero-order valence-corrected chi connectivity index (χ0v) is 14.7. The number of phenolic OH excluding ortho intramolecular Hbond substituents is 2. The smallest absolute Gasteiger partial charge is 0.160 e. The lowest BCUT2D eigenvalue weighted by atomic mass is 9.97. The SMILES string of the molecule is COc1cc(C2OC(c3ccc(O)c(OC)c3)C(C)=C2C)ccc1O. The third kappa shape index (κ3) is 3.03. The summed E-state index contributed by atoms with van der Waals surface area (Å²) in [6.45, 7) is 4.08. The van der Waals surface area contributed by atoms with Crippen LogP contribution in [0.15, 0.2) is 47.5 Å². The summed E-state index contributed by atoms with van der Waals surface area (Å²) in [4.78, 5) is 0. The number of methoxy groups -OCH3 is 2. The number of hydrogen-bond acceptors (Lipinski definition) is 5. The van der Waals surface area contributed by atoms with Crippen LogP contribution >= 0.6 is 0 Å². The van der Waals surface area contributed by atoms with Crippen LogP contribution in [0.4, 0.5) is 0 Å². The van der Waals surface area contributed by atoms with E-state index in [0.29, 0.717) is 11.5 Å². The molecular weight excluding hydrogens is 320 g/mol. The monoisotopic (exact) mass is 342 g/mol. The predicted octanol–water partition coefficient (Wildman–Crippen LogP) is 4.26. The molecule has 25 heavy (non-hydrogen) atoms. The van der Waals surface area contributed by atoms with E-state index in [-0.39, 0.29) is 23.7 Å². The number of ether oxygens (including phenoxy) is 3. The van der Waals surface area contributed by atoms with E-state index in [1.54, 1.807) is 24.3 Å². The van der Waals surface area contributed by atoms with Crippen molar-refractivity contribution in [1.82, 2.24) is 0 Å². The third-order valence-corrected chi connectivity index (χ3v) is 4.69. The molecule has 0 saturated heterocycles. The lowest BCUT2D eigenvalue weighted by Crippen LogP contribution is -2.04. The molecule has 0 aromatic heterocycles. The number of benzene rings is 2. The molecule has 1 aliphatic rings. The third-order valence-electron chi connectivity index (χ3n) is 4.69. The zero-order chi connectivity index (χ0) is 18.1. The van der Waals surface area contributed by atoms with Crippen LogP contribution in [-0.2, 0) is 4.74 Å². The maximum absolute atomic E-state index is 9.79. The Bertz CT molecular complexity index is 757. The molecule has 1 aliphatic heterocycles. The van der Waals surface area contributed by atoms with Crippen LogP contribution in [0.2, 0.25) is 0 Å². The Kier molecular flexibility index (Phi) is 4.59. The molecular formula is C20H22O5. The van der Waals surface area contributed by atoms with Crippen molar-refractivity contribution in [2.24, 2.45) is 0 Å². The summed E-state index contributed by atoms with van der Waals surface area (Å²) in [5.74, 6) is 1.03. The van der Waals surface area contributed by atoms with Gasteiger partial charge in [-0.15, -0.1) is 0 Å². The second kappa shape index (κ2) is 6.69. The average molecular weight is 342 g/mol. The van der Waals surface area contributed by atoms with Crippen molar-refractivity contribution >= 4 is 0 Å². The lowest BCUT2D eigenvalue weighted by molar-refractivity contribution is 0.0515. The fraction of sp³-hybridized carbons (Fsp3) is 0.300. The van der Waals surface area contributed by atoms with Crippen LogP contribution in [0.3, 0.4) is 0 Å². The average Bonchev–Trinajstić information content (AvgIpc) is 2.91. The summed E-state index contributed by atoms with van der Waals surface area (Å²) >= 11 is 0. The van der Waals surface area contributed by atoms with Gasteiger partial charge in [0.15, 0.2) is 23.0 Å². The van der Waals surface area contributed by atoms with Crippen LogP contribution in [0.1, 0.15) is 37.2 Å². The van der Waals surface area contributed by atoms with Gasteiger partial charge in [-0.05, 0) is 60.4 Å². The van der Waals surface area contributed by atoms with Gasteiger partial charge < -0.3 is 24.4 Å². The molecule has 0 fully saturated rings. The minimum atomic E-state index is -0.223. The van der Waals surface area contributed by atoms with Gasteiger partial charge in [0.05, 0.1) is 14.2 Å². The molecule has 2 N–H and O–H groups in total. The van der Waals surface area contributed by atoms with Crippen LogP contribution in [0, 0.1) is 0 Å². The van der Waals surface area contributed by atoms with E-state index in [9.17, 15) is 10.2 Å². The van der Waals surface area contributed by atoms with Gasteiger partial charge in [0.25, 0.3) is 0 Å². The molecule has 3 rings (SSSR count). The van der Waals surface area contributed by atoms with Crippen LogP contribution in [0.5, 0.6) is 23.0 Å². The second-order valence-electron chi connectivity index (χ2n) is 6.12. The molecule has 0 spiro atoms. The number of hydrogen-bond donors (Lipinski definition) is 2. The Balaban J connectivity index is 1.95. The quantitative estimate of drug-likeness (QED) is 0.813. The number of phenols is 2. The van der Waals surface area contributed by atoms with E-state index in [2.05, 4.69) is 0 Å². The summed E-state index contributed by atoms with van der Waals surface area (Å²) in [5, 5.41) is 19.6. The summed E-state index contributed by atoms with van der Waals surface area (Å²) in [6.07, 6.45) is -0.446. The summed E-state index contributed by atoms with van der Waals surface area (Å²) in [5.41, 5.74) is 4.06. The first-order chi connectivity index (χ1) is 12.0. The first kappa shape index (κ1) is 17.2. The maximum atomic E-state index is 9.79. The van der Waals surface area contributed by atoms with E-state index in [4.69, 9.17) is 14.2 Å². The molecule has 5 nitrogen and oxygen atoms in total. The first-order valence-corrected chi connectivity index (χ1v) is 8.02. The zero-order valence-electron chi connectivity index (χ0n) is 14.7. The fourth-order valence-corrected chi connectivity index (χ4v) is 3.13. The molecule has 5 heteroatoms. The molecule has 2 aromatic carbocycles. The summed E-state index contributed by atoms with van der Waals surface area (Å²) in [7, 11) is 3.04. The maximum Gasteiger partial charge on any atom is 0.160 e. The topological polar surface area (TPSA) is 68.2 Å². The summed E-state index contributed by atoms with van der Waals surface area (Å²) in [6, 6.07) is 10.5. The Morgan fingerprint density at radius 2 is 1.16 bits per heavy atom. The van der Waals surface area contributed by atoms with Crippen molar-refractivity contribution in [3.63, 3.8) is 0 Å². The van der Waals surface area contributed by atoms with Crippen molar-refractivity contribution in [3.8, 4) is 23.0 Å². The molecule has 0 amide bonds. The fourth-order valence-electron chi connectivity index (χ4n) is 3.13. The summed E-state index contributed by atoms with van der Waals surface area (Å²) < 4.78 is 16.7. The van der Waals surface area contributed by atoms with Gasteiger partial charge in [0.1, 0.15) is 12.2 Å². The predicted molar refractivity (Wildman–Crippen MR) is 94.3 cm³/mol. The molecule has 0 saturated carbocycles. The molecule has 2 atom stereocenters. The van der Waals surface area contributed by atoms with Crippen LogP contribution in [-0.4, -0.2) is 24.4 Å². The van der Waals surface area contributed by atoms with Crippen molar-refractivity contribution in [2.45, 2.75) is 26.1 Å². The van der Waals surface area contributed by atoms with E-state index >= 15 is 0 Å². The highest BCUT2D eigenvalue weighted by Crippen LogP contribution is 2.47. The van der Waals surface area contributed by atoms with Gasteiger partial charge in [0, 0.05) is 0 Å². The molecule has 1 heterocycles. The Labute approximate surface area is 147 Å². The number of rotatable bonds is 4. The largest absolute Gasteiger partial charge is 0.504 e. The first-order valence-electron chi connectivity index (χ1n) is 8.02. The molecule has 0 aliphatic carbocycles. The molecule has 0 radical (unpaired) electrons. The molecule has 2 aromatic rings. The van der Waals surface area contributed by atoms with E-state index in [1.807, 2.05) is 26.0 Å². The minimum absolute atomic E-state index is 0.0995. The molecule has 132 valence electrons. The molecule has 0 bridgehead atoms. The number of aromatic hydroxyl groups is 2. The van der Waals surface area contributed by atoms with Crippen molar-refractivity contribution in [3.05, 3.63) is 58.7 Å². The van der Waals surface area contributed by atoms with Gasteiger partial charge >= 0.3 is 0 Å². The Morgan fingerprint density at radius 1 is 0.760 bits per heavy atom. The van der Waals surface area contributed by atoms with Crippen molar-refractivity contribution < 1.29 is 24.4 Å². The Hall–Kier alpha value is -2.66. The van der Waals surface area contributed by atoms with E-state index in [0.717, 1.165) is 22.3 Å². The van der Waals surface area contributed by atoms with Crippen LogP contribution in [0.25, 0.3) is 0 Å². The highest BCUT2D eigenvalue weighted by molar-refractivity contribution is 5.48. The highest BCUT2D eigenvalue weighted by atomic mass is 16.5. The van der Waals surface area contributed by atoms with Gasteiger partial charge in [-0.1, -0.05) is 12.1 Å². The Morgan fingerprint density at radius 3 is 1.52 bits per heavy atom. The van der Waals surface area contributed by atoms with Gasteiger partial charge in [-0.25, -0.2) is 0 Å². The van der Waals surface area contributed by atoms with Crippen LogP contribution < -0.4 is 9.47 Å². The van der Waals surface area contributed by atoms with E-state index < -0.39 is 0 Å². The van der Waals surface area contributed by atoms with E-state index in [1.165, 1.54) is 14.2 Å². The van der Waals surface area contributed by atoms with Gasteiger partial charge in [-0.2, -0.15) is 0 Å². The molecule has 2 unspecified atom stereocenters. The standard InChI is InChI=1S/C20H22O5/c1-11-12(2)20(14-6-8-16(22)18(10-14)24-4)25-19(11)13-5-7-15(21)17(9-13)23-3/h5-10,19-22H,1-4H3. The lowest BCUT2D eigenvalue weighted by Gasteiger charge is -2.18. The minimum Gasteiger partial charge on any atom is -0.504 e. The van der Waals surface area contributed by atoms with Crippen molar-refractivity contribution in [1.29, 1.82) is 0 Å². The van der Waals surface area contributed by atoms with Crippen molar-refractivity contribution in [2.75, 3.05) is 14.2 Å². The normalized spacial score (nSPS) is 20.0. The highest BCUT2D eigenvalue weighted by Gasteiger charge is 2.32.